The zero-order chi connectivity index (χ0) is 18.3. The first-order chi connectivity index (χ1) is 12.5. The molecule has 1 saturated heterocycles. The summed E-state index contributed by atoms with van der Waals surface area (Å²) in [6.07, 6.45) is 4.32. The molecule has 6 heteroatoms. The minimum Gasteiger partial charge on any atom is -0.489 e. The molecule has 136 valence electrons. The van der Waals surface area contributed by atoms with Crippen molar-refractivity contribution in [2.75, 3.05) is 26.8 Å². The van der Waals surface area contributed by atoms with E-state index in [0.717, 1.165) is 17.7 Å². The molecule has 0 N–H and O–H groups in total. The van der Waals surface area contributed by atoms with E-state index in [2.05, 4.69) is 6.58 Å². The summed E-state index contributed by atoms with van der Waals surface area (Å²) in [7, 11) is 1.92. The summed E-state index contributed by atoms with van der Waals surface area (Å²) in [5, 5.41) is 0. The molecule has 3 aliphatic rings. The van der Waals surface area contributed by atoms with Gasteiger partial charge in [0.15, 0.2) is 11.4 Å². The second kappa shape index (κ2) is 6.29. The van der Waals surface area contributed by atoms with Gasteiger partial charge < -0.3 is 19.3 Å². The second-order valence-corrected chi connectivity index (χ2v) is 6.74. The first-order valence-corrected chi connectivity index (χ1v) is 8.65. The van der Waals surface area contributed by atoms with Crippen LogP contribution in [0.3, 0.4) is 0 Å². The van der Waals surface area contributed by atoms with Gasteiger partial charge in [-0.05, 0) is 17.7 Å². The van der Waals surface area contributed by atoms with Gasteiger partial charge in [0.1, 0.15) is 12.4 Å². The van der Waals surface area contributed by atoms with Crippen molar-refractivity contribution in [3.05, 3.63) is 71.5 Å². The van der Waals surface area contributed by atoms with E-state index >= 15 is 0 Å². The van der Waals surface area contributed by atoms with Crippen LogP contribution in [-0.2, 0) is 20.8 Å². The highest BCUT2D eigenvalue weighted by Crippen LogP contribution is 2.49. The third-order valence-corrected chi connectivity index (χ3v) is 5.02. The molecule has 0 aliphatic carbocycles. The predicted octanol–water partition coefficient (Wildman–Crippen LogP) is 2.57. The quantitative estimate of drug-likeness (QED) is 0.601. The fourth-order valence-corrected chi connectivity index (χ4v) is 3.61. The van der Waals surface area contributed by atoms with E-state index in [4.69, 9.17) is 9.47 Å². The number of fused-ring (bicyclic) bond motifs is 1. The normalized spacial score (nSPS) is 24.5. The van der Waals surface area contributed by atoms with E-state index in [-0.39, 0.29) is 11.7 Å². The number of hydrogen-bond acceptors (Lipinski definition) is 4. The van der Waals surface area contributed by atoms with E-state index < -0.39 is 5.60 Å². The maximum absolute atomic E-state index is 13.2. The van der Waals surface area contributed by atoms with Crippen LogP contribution in [0, 0.1) is 5.82 Å². The van der Waals surface area contributed by atoms with Crippen molar-refractivity contribution >= 4 is 5.91 Å². The maximum Gasteiger partial charge on any atom is 0.255 e. The molecule has 0 saturated carbocycles. The largest absolute Gasteiger partial charge is 0.489 e. The van der Waals surface area contributed by atoms with Gasteiger partial charge in [-0.25, -0.2) is 4.39 Å². The summed E-state index contributed by atoms with van der Waals surface area (Å²) in [5.74, 6) is 0.320. The molecule has 1 aromatic carbocycles. The third-order valence-electron chi connectivity index (χ3n) is 5.02. The molecule has 0 radical (unpaired) electrons. The fraction of sp³-hybridized carbons (Fsp3) is 0.350. The van der Waals surface area contributed by atoms with Gasteiger partial charge in [0.05, 0.1) is 12.2 Å². The van der Waals surface area contributed by atoms with E-state index in [1.54, 1.807) is 23.1 Å². The summed E-state index contributed by atoms with van der Waals surface area (Å²) in [6.45, 7) is 5.54. The number of epoxide rings is 1. The molecule has 5 nitrogen and oxygen atoms in total. The van der Waals surface area contributed by atoms with Crippen molar-refractivity contribution in [2.24, 2.45) is 0 Å². The summed E-state index contributed by atoms with van der Waals surface area (Å²) < 4.78 is 24.6. The number of ether oxygens (including phenoxy) is 2. The molecular weight excluding hydrogens is 335 g/mol. The highest BCUT2D eigenvalue weighted by Gasteiger charge is 2.60. The highest BCUT2D eigenvalue weighted by atomic mass is 19.1. The lowest BCUT2D eigenvalue weighted by atomic mass is 9.87. The summed E-state index contributed by atoms with van der Waals surface area (Å²) >= 11 is 0. The van der Waals surface area contributed by atoms with Crippen LogP contribution in [0.4, 0.5) is 4.39 Å². The molecule has 1 fully saturated rings. The average Bonchev–Trinajstić information content (AvgIpc) is 3.42. The molecule has 4 rings (SSSR count). The molecule has 3 aliphatic heterocycles. The van der Waals surface area contributed by atoms with Crippen molar-refractivity contribution in [1.29, 1.82) is 0 Å². The Kier molecular flexibility index (Phi) is 4.07. The maximum atomic E-state index is 13.2. The molecule has 1 amide bonds. The Labute approximate surface area is 152 Å². The van der Waals surface area contributed by atoms with Crippen LogP contribution in [0.15, 0.2) is 60.1 Å². The van der Waals surface area contributed by atoms with Crippen molar-refractivity contribution in [3.8, 4) is 0 Å². The smallest absolute Gasteiger partial charge is 0.255 e. The van der Waals surface area contributed by atoms with Gasteiger partial charge in [0, 0.05) is 38.5 Å². The lowest BCUT2D eigenvalue weighted by molar-refractivity contribution is -0.129. The van der Waals surface area contributed by atoms with E-state index in [9.17, 15) is 9.18 Å². The zero-order valence-corrected chi connectivity index (χ0v) is 14.7. The number of hydrogen-bond donors (Lipinski definition) is 0. The Morgan fingerprint density at radius 3 is 2.77 bits per heavy atom. The minimum absolute atomic E-state index is 0.0484. The van der Waals surface area contributed by atoms with Crippen LogP contribution >= 0.6 is 0 Å². The first-order valence-electron chi connectivity index (χ1n) is 8.65. The number of rotatable bonds is 5. The third kappa shape index (κ3) is 2.70. The lowest BCUT2D eigenvalue weighted by Gasteiger charge is -2.39. The summed E-state index contributed by atoms with van der Waals surface area (Å²) in [5.41, 5.74) is 1.78. The lowest BCUT2D eigenvalue weighted by Crippen LogP contribution is -2.46. The number of benzene rings is 1. The van der Waals surface area contributed by atoms with E-state index in [1.165, 1.54) is 12.1 Å². The van der Waals surface area contributed by atoms with Crippen molar-refractivity contribution in [2.45, 2.75) is 18.6 Å². The van der Waals surface area contributed by atoms with Gasteiger partial charge in [0.2, 0.25) is 0 Å². The van der Waals surface area contributed by atoms with Crippen LogP contribution in [0.2, 0.25) is 0 Å². The zero-order valence-electron chi connectivity index (χ0n) is 14.7. The van der Waals surface area contributed by atoms with Crippen molar-refractivity contribution < 1.29 is 18.7 Å². The Morgan fingerprint density at radius 1 is 1.38 bits per heavy atom. The van der Waals surface area contributed by atoms with Gasteiger partial charge in [0.25, 0.3) is 5.91 Å². The molecule has 1 spiro atoms. The number of carbonyl (C=O) groups excluding carboxylic acids is 1. The predicted molar refractivity (Wildman–Crippen MR) is 94.1 cm³/mol. The van der Waals surface area contributed by atoms with Crippen LogP contribution in [-0.4, -0.2) is 48.1 Å². The highest BCUT2D eigenvalue weighted by molar-refractivity contribution is 5.99. The van der Waals surface area contributed by atoms with Crippen LogP contribution in [0.5, 0.6) is 0 Å². The molecular formula is C20H21FN2O3. The molecule has 0 bridgehead atoms. The van der Waals surface area contributed by atoms with Gasteiger partial charge in [-0.1, -0.05) is 24.8 Å². The topological polar surface area (TPSA) is 45.3 Å². The van der Waals surface area contributed by atoms with Gasteiger partial charge in [-0.15, -0.1) is 0 Å². The second-order valence-electron chi connectivity index (χ2n) is 6.74. The van der Waals surface area contributed by atoms with Gasteiger partial charge in [-0.2, -0.15) is 0 Å². The number of nitrogens with zero attached hydrogens (tertiary/aromatic N) is 2. The van der Waals surface area contributed by atoms with Crippen LogP contribution in [0.1, 0.15) is 12.0 Å². The number of amides is 1. The fourth-order valence-electron chi connectivity index (χ4n) is 3.61. The Morgan fingerprint density at radius 2 is 2.12 bits per heavy atom. The molecule has 1 unspecified atom stereocenters. The van der Waals surface area contributed by atoms with Gasteiger partial charge in [-0.3, -0.25) is 4.79 Å². The Balaban J connectivity index is 1.60. The van der Waals surface area contributed by atoms with Crippen molar-refractivity contribution in [3.63, 3.8) is 0 Å². The minimum atomic E-state index is -0.761. The summed E-state index contributed by atoms with van der Waals surface area (Å²) in [6, 6.07) is 6.25. The molecule has 3 heterocycles. The Hall–Kier alpha value is -2.60. The van der Waals surface area contributed by atoms with Crippen LogP contribution in [0.25, 0.3) is 0 Å². The first kappa shape index (κ1) is 16.8. The average molecular weight is 356 g/mol. The molecule has 1 atom stereocenters. The standard InChI is InChI=1S/C20H21FN2O3/c1-3-10-25-17-12-22(2)16-8-9-23(11-14-4-6-15(21)7-5-14)19(24)18(16)20(17)13-26-20/h3-7,12H,1,8-11,13H2,2H3. The number of carbonyl (C=O) groups is 1. The summed E-state index contributed by atoms with van der Waals surface area (Å²) in [4.78, 5) is 17.0. The number of halogens is 1. The SMILES string of the molecule is C=CCOC1=CN(C)C2=C(C(=O)N(Cc3ccc(F)cc3)CC2)C12CO2. The Bertz CT molecular complexity index is 809. The van der Waals surface area contributed by atoms with E-state index in [1.807, 2.05) is 18.1 Å². The molecule has 0 aromatic heterocycles. The molecule has 1 aromatic rings. The van der Waals surface area contributed by atoms with Gasteiger partial charge >= 0.3 is 0 Å². The van der Waals surface area contributed by atoms with Crippen molar-refractivity contribution in [1.82, 2.24) is 9.80 Å². The van der Waals surface area contributed by atoms with Crippen LogP contribution < -0.4 is 0 Å². The monoisotopic (exact) mass is 356 g/mol. The molecule has 26 heavy (non-hydrogen) atoms. The van der Waals surface area contributed by atoms with E-state index in [0.29, 0.717) is 37.6 Å².